The molecule has 1 unspecified atom stereocenters. The van der Waals surface area contributed by atoms with Crippen LogP contribution in [-0.4, -0.2) is 35.1 Å². The van der Waals surface area contributed by atoms with Crippen molar-refractivity contribution >= 4 is 5.82 Å². The highest BCUT2D eigenvalue weighted by molar-refractivity contribution is 5.41. The predicted octanol–water partition coefficient (Wildman–Crippen LogP) is 2.70. The number of aromatic nitrogens is 2. The molecule has 0 aliphatic carbocycles. The molecule has 1 aromatic heterocycles. The summed E-state index contributed by atoms with van der Waals surface area (Å²) in [5.41, 5.74) is 1.13. The number of anilines is 1. The van der Waals surface area contributed by atoms with Crippen LogP contribution in [0.2, 0.25) is 0 Å². The fourth-order valence-corrected chi connectivity index (χ4v) is 2.83. The topological polar surface area (TPSA) is 41.0 Å². The van der Waals surface area contributed by atoms with Crippen molar-refractivity contribution in [3.8, 4) is 0 Å². The second-order valence-electron chi connectivity index (χ2n) is 6.01. The van der Waals surface area contributed by atoms with Gasteiger partial charge >= 0.3 is 0 Å². The van der Waals surface area contributed by atoms with E-state index in [9.17, 15) is 0 Å². The van der Waals surface area contributed by atoms with Gasteiger partial charge in [0.1, 0.15) is 11.6 Å². The Bertz CT molecular complexity index is 424. The smallest absolute Gasteiger partial charge is 0.132 e. The van der Waals surface area contributed by atoms with Gasteiger partial charge in [-0.2, -0.15) is 0 Å². The van der Waals surface area contributed by atoms with Crippen LogP contribution >= 0.6 is 0 Å². The Morgan fingerprint density at radius 2 is 2.15 bits per heavy atom. The molecule has 0 amide bonds. The summed E-state index contributed by atoms with van der Waals surface area (Å²) >= 11 is 0. The van der Waals surface area contributed by atoms with E-state index in [0.29, 0.717) is 12.1 Å². The molecule has 0 bridgehead atoms. The minimum absolute atomic E-state index is 0.456. The normalized spacial score (nSPS) is 19.4. The van der Waals surface area contributed by atoms with Crippen molar-refractivity contribution in [1.82, 2.24) is 15.3 Å². The third-order valence-electron chi connectivity index (χ3n) is 3.99. The lowest BCUT2D eigenvalue weighted by Gasteiger charge is -2.34. The maximum atomic E-state index is 4.66. The van der Waals surface area contributed by atoms with Gasteiger partial charge in [-0.3, -0.25) is 0 Å². The molecule has 4 heteroatoms. The van der Waals surface area contributed by atoms with E-state index in [1.165, 1.54) is 19.3 Å². The van der Waals surface area contributed by atoms with Gasteiger partial charge in [0.2, 0.25) is 0 Å². The van der Waals surface area contributed by atoms with Crippen LogP contribution in [-0.2, 0) is 6.42 Å². The average Bonchev–Trinajstić information content (AvgIpc) is 2.44. The summed E-state index contributed by atoms with van der Waals surface area (Å²) in [6, 6.07) is 3.19. The first kappa shape index (κ1) is 15.2. The van der Waals surface area contributed by atoms with Gasteiger partial charge in [0.15, 0.2) is 0 Å². The first-order valence-corrected chi connectivity index (χ1v) is 7.94. The largest absolute Gasteiger partial charge is 0.353 e. The molecule has 0 spiro atoms. The van der Waals surface area contributed by atoms with E-state index in [1.807, 2.05) is 6.92 Å². The molecule has 20 heavy (non-hydrogen) atoms. The van der Waals surface area contributed by atoms with E-state index in [0.717, 1.165) is 36.8 Å². The molecule has 2 heterocycles. The molecule has 0 saturated carbocycles. The second kappa shape index (κ2) is 7.02. The minimum Gasteiger partial charge on any atom is -0.353 e. The van der Waals surface area contributed by atoms with Crippen molar-refractivity contribution in [3.05, 3.63) is 17.6 Å². The molecule has 4 nitrogen and oxygen atoms in total. The molecule has 1 atom stereocenters. The third kappa shape index (κ3) is 3.92. The number of aryl methyl sites for hydroxylation is 2. The van der Waals surface area contributed by atoms with Gasteiger partial charge < -0.3 is 10.2 Å². The maximum absolute atomic E-state index is 4.66. The van der Waals surface area contributed by atoms with Crippen LogP contribution in [0.5, 0.6) is 0 Å². The average molecular weight is 276 g/mol. The lowest BCUT2D eigenvalue weighted by Crippen LogP contribution is -2.46. The van der Waals surface area contributed by atoms with Crippen molar-refractivity contribution in [3.63, 3.8) is 0 Å². The third-order valence-corrected chi connectivity index (χ3v) is 3.99. The zero-order chi connectivity index (χ0) is 14.5. The molecule has 1 saturated heterocycles. The molecule has 1 fully saturated rings. The van der Waals surface area contributed by atoms with Gasteiger partial charge in [-0.1, -0.05) is 13.3 Å². The zero-order valence-electron chi connectivity index (χ0n) is 13.3. The van der Waals surface area contributed by atoms with Gasteiger partial charge in [-0.25, -0.2) is 9.97 Å². The van der Waals surface area contributed by atoms with Gasteiger partial charge in [0.25, 0.3) is 0 Å². The van der Waals surface area contributed by atoms with E-state index < -0.39 is 0 Å². The Morgan fingerprint density at radius 1 is 1.35 bits per heavy atom. The fraction of sp³-hybridized carbons (Fsp3) is 0.750. The number of hydrogen-bond acceptors (Lipinski definition) is 4. The van der Waals surface area contributed by atoms with Crippen LogP contribution in [0.4, 0.5) is 5.82 Å². The lowest BCUT2D eigenvalue weighted by molar-refractivity contribution is 0.392. The highest BCUT2D eigenvalue weighted by Crippen LogP contribution is 2.18. The van der Waals surface area contributed by atoms with Crippen molar-refractivity contribution in [1.29, 1.82) is 0 Å². The summed E-state index contributed by atoms with van der Waals surface area (Å²) < 4.78 is 0. The lowest BCUT2D eigenvalue weighted by atomic mass is 10.0. The zero-order valence-corrected chi connectivity index (χ0v) is 13.3. The number of rotatable bonds is 5. The SMILES string of the molecule is CCc1cc(N(CC2CCCCN2)C(C)C)nc(C)n1. The summed E-state index contributed by atoms with van der Waals surface area (Å²) in [5.74, 6) is 1.96. The van der Waals surface area contributed by atoms with Crippen molar-refractivity contribution in [2.75, 3.05) is 18.0 Å². The highest BCUT2D eigenvalue weighted by Gasteiger charge is 2.20. The molecule has 1 N–H and O–H groups in total. The van der Waals surface area contributed by atoms with E-state index in [-0.39, 0.29) is 0 Å². The van der Waals surface area contributed by atoms with E-state index in [1.54, 1.807) is 0 Å². The van der Waals surface area contributed by atoms with Crippen LogP contribution in [0.1, 0.15) is 51.6 Å². The molecular formula is C16H28N4. The van der Waals surface area contributed by atoms with Gasteiger partial charge in [0, 0.05) is 30.4 Å². The molecule has 112 valence electrons. The Morgan fingerprint density at radius 3 is 2.75 bits per heavy atom. The Kier molecular flexibility index (Phi) is 5.35. The Labute approximate surface area is 123 Å². The van der Waals surface area contributed by atoms with Gasteiger partial charge in [0.05, 0.1) is 0 Å². The molecule has 1 aliphatic heterocycles. The first-order valence-electron chi connectivity index (χ1n) is 7.94. The fourth-order valence-electron chi connectivity index (χ4n) is 2.83. The number of piperidine rings is 1. The standard InChI is InChI=1S/C16H28N4/c1-5-14-10-16(19-13(4)18-14)20(12(2)3)11-15-8-6-7-9-17-15/h10,12,15,17H,5-9,11H2,1-4H3. The number of hydrogen-bond donors (Lipinski definition) is 1. The van der Waals surface area contributed by atoms with Crippen molar-refractivity contribution in [2.24, 2.45) is 0 Å². The molecule has 0 radical (unpaired) electrons. The summed E-state index contributed by atoms with van der Waals surface area (Å²) in [7, 11) is 0. The van der Waals surface area contributed by atoms with Crippen molar-refractivity contribution < 1.29 is 0 Å². The van der Waals surface area contributed by atoms with Gasteiger partial charge in [-0.05, 0) is 46.6 Å². The highest BCUT2D eigenvalue weighted by atomic mass is 15.2. The van der Waals surface area contributed by atoms with Crippen LogP contribution in [0, 0.1) is 6.92 Å². The van der Waals surface area contributed by atoms with Crippen LogP contribution in [0.15, 0.2) is 6.07 Å². The summed E-state index contributed by atoms with van der Waals surface area (Å²) in [4.78, 5) is 11.6. The van der Waals surface area contributed by atoms with E-state index in [4.69, 9.17) is 0 Å². The summed E-state index contributed by atoms with van der Waals surface area (Å²) in [6.07, 6.45) is 4.88. The quantitative estimate of drug-likeness (QED) is 0.898. The molecule has 1 aromatic rings. The number of nitrogens with one attached hydrogen (secondary N) is 1. The summed E-state index contributed by atoms with van der Waals surface area (Å²) in [5, 5.41) is 3.63. The molecule has 1 aliphatic rings. The van der Waals surface area contributed by atoms with Crippen LogP contribution < -0.4 is 10.2 Å². The minimum atomic E-state index is 0.456. The van der Waals surface area contributed by atoms with E-state index >= 15 is 0 Å². The van der Waals surface area contributed by atoms with Crippen LogP contribution in [0.3, 0.4) is 0 Å². The predicted molar refractivity (Wildman–Crippen MR) is 84.3 cm³/mol. The Hall–Kier alpha value is -1.16. The van der Waals surface area contributed by atoms with Crippen molar-refractivity contribution in [2.45, 2.75) is 65.5 Å². The first-order chi connectivity index (χ1) is 9.60. The second-order valence-corrected chi connectivity index (χ2v) is 6.01. The monoisotopic (exact) mass is 276 g/mol. The van der Waals surface area contributed by atoms with E-state index in [2.05, 4.69) is 47.0 Å². The molecular weight excluding hydrogens is 248 g/mol. The molecule has 0 aromatic carbocycles. The van der Waals surface area contributed by atoms with Crippen LogP contribution in [0.25, 0.3) is 0 Å². The number of nitrogens with zero attached hydrogens (tertiary/aromatic N) is 3. The molecule has 2 rings (SSSR count). The maximum Gasteiger partial charge on any atom is 0.132 e. The Balaban J connectivity index is 2.16. The van der Waals surface area contributed by atoms with Gasteiger partial charge in [-0.15, -0.1) is 0 Å². The summed E-state index contributed by atoms with van der Waals surface area (Å²) in [6.45, 7) is 10.8.